The van der Waals surface area contributed by atoms with Gasteiger partial charge >= 0.3 is 0 Å². The number of hydrogen-bond acceptors (Lipinski definition) is 3. The summed E-state index contributed by atoms with van der Waals surface area (Å²) in [6.07, 6.45) is 5.04. The molecule has 1 unspecified atom stereocenters. The first kappa shape index (κ1) is 13.5. The molecule has 1 amide bonds. The highest BCUT2D eigenvalue weighted by Gasteiger charge is 2.13. The highest BCUT2D eigenvalue weighted by atomic mass is 16.5. The lowest BCUT2D eigenvalue weighted by Crippen LogP contribution is -2.38. The number of amides is 1. The van der Waals surface area contributed by atoms with E-state index in [1.165, 1.54) is 19.3 Å². The zero-order valence-electron chi connectivity index (χ0n) is 10.4. The Balaban J connectivity index is 1.96. The van der Waals surface area contributed by atoms with Gasteiger partial charge in [0.15, 0.2) is 0 Å². The number of ether oxygens (including phenoxy) is 1. The highest BCUT2D eigenvalue weighted by Crippen LogP contribution is 2.14. The van der Waals surface area contributed by atoms with Gasteiger partial charge in [-0.05, 0) is 46.1 Å². The first-order valence-corrected chi connectivity index (χ1v) is 6.30. The van der Waals surface area contributed by atoms with Crippen molar-refractivity contribution in [3.05, 3.63) is 0 Å². The van der Waals surface area contributed by atoms with Crippen LogP contribution in [0.25, 0.3) is 0 Å². The van der Waals surface area contributed by atoms with Crippen molar-refractivity contribution >= 4 is 5.91 Å². The van der Waals surface area contributed by atoms with E-state index in [4.69, 9.17) is 4.74 Å². The Morgan fingerprint density at radius 2 is 2.25 bits per heavy atom. The second-order valence-electron chi connectivity index (χ2n) is 4.68. The van der Waals surface area contributed by atoms with Gasteiger partial charge in [-0.1, -0.05) is 0 Å². The molecule has 1 saturated heterocycles. The molecule has 4 heteroatoms. The molecular weight excluding hydrogens is 204 g/mol. The summed E-state index contributed by atoms with van der Waals surface area (Å²) in [6, 6.07) is 0.218. The van der Waals surface area contributed by atoms with Gasteiger partial charge in [0.25, 0.3) is 0 Å². The Morgan fingerprint density at radius 1 is 1.44 bits per heavy atom. The topological polar surface area (TPSA) is 50.4 Å². The van der Waals surface area contributed by atoms with Gasteiger partial charge in [-0.2, -0.15) is 0 Å². The Hall–Kier alpha value is -0.610. The van der Waals surface area contributed by atoms with Gasteiger partial charge in [0.2, 0.25) is 5.91 Å². The van der Waals surface area contributed by atoms with E-state index in [2.05, 4.69) is 10.6 Å². The van der Waals surface area contributed by atoms with Gasteiger partial charge in [-0.25, -0.2) is 0 Å². The maximum atomic E-state index is 11.3. The summed E-state index contributed by atoms with van der Waals surface area (Å²) in [5, 5.41) is 5.99. The van der Waals surface area contributed by atoms with E-state index >= 15 is 0 Å². The fourth-order valence-corrected chi connectivity index (χ4v) is 1.87. The summed E-state index contributed by atoms with van der Waals surface area (Å²) in [5.41, 5.74) is 0. The van der Waals surface area contributed by atoms with Gasteiger partial charge < -0.3 is 15.4 Å². The Bertz CT molecular complexity index is 201. The summed E-state index contributed by atoms with van der Waals surface area (Å²) >= 11 is 0. The minimum absolute atomic E-state index is 0.0690. The van der Waals surface area contributed by atoms with Crippen LogP contribution < -0.4 is 10.6 Å². The van der Waals surface area contributed by atoms with Crippen LogP contribution in [-0.4, -0.2) is 37.7 Å². The van der Waals surface area contributed by atoms with Crippen molar-refractivity contribution in [1.29, 1.82) is 0 Å². The minimum atomic E-state index is 0.0690. The smallest absolute Gasteiger partial charge is 0.234 e. The molecule has 0 spiro atoms. The largest absolute Gasteiger partial charge is 0.378 e. The normalized spacial score (nSPS) is 21.1. The van der Waals surface area contributed by atoms with Crippen LogP contribution in [0.1, 0.15) is 39.5 Å². The molecule has 0 aromatic heterocycles. The van der Waals surface area contributed by atoms with E-state index < -0.39 is 0 Å². The van der Waals surface area contributed by atoms with Crippen molar-refractivity contribution in [2.75, 3.05) is 19.7 Å². The highest BCUT2D eigenvalue weighted by molar-refractivity contribution is 5.78. The Labute approximate surface area is 98.1 Å². The zero-order chi connectivity index (χ0) is 11.8. The Kier molecular flexibility index (Phi) is 6.42. The molecule has 1 heterocycles. The van der Waals surface area contributed by atoms with Gasteiger partial charge in [0.05, 0.1) is 12.6 Å². The molecule has 2 N–H and O–H groups in total. The average Bonchev–Trinajstić information content (AvgIpc) is 2.25. The van der Waals surface area contributed by atoms with Crippen LogP contribution in [-0.2, 0) is 9.53 Å². The molecule has 0 aromatic carbocycles. The van der Waals surface area contributed by atoms with Crippen LogP contribution in [0.5, 0.6) is 0 Å². The zero-order valence-corrected chi connectivity index (χ0v) is 10.4. The lowest BCUT2D eigenvalue weighted by Gasteiger charge is -2.22. The molecule has 0 saturated carbocycles. The molecular formula is C12H24N2O2. The van der Waals surface area contributed by atoms with Gasteiger partial charge in [0.1, 0.15) is 0 Å². The van der Waals surface area contributed by atoms with E-state index in [1.54, 1.807) is 0 Å². The summed E-state index contributed by atoms with van der Waals surface area (Å²) in [4.78, 5) is 11.3. The number of rotatable bonds is 6. The fraction of sp³-hybridized carbons (Fsp3) is 0.917. The van der Waals surface area contributed by atoms with Gasteiger partial charge in [0, 0.05) is 12.6 Å². The van der Waals surface area contributed by atoms with Crippen molar-refractivity contribution < 1.29 is 9.53 Å². The number of hydrogen-bond donors (Lipinski definition) is 2. The Morgan fingerprint density at radius 3 is 2.88 bits per heavy atom. The number of nitrogens with one attached hydrogen (secondary N) is 2. The van der Waals surface area contributed by atoms with Crippen molar-refractivity contribution in [1.82, 2.24) is 10.6 Å². The predicted octanol–water partition coefficient (Wildman–Crippen LogP) is 1.06. The van der Waals surface area contributed by atoms with Crippen molar-refractivity contribution in [3.8, 4) is 0 Å². The third-order valence-corrected chi connectivity index (χ3v) is 2.65. The SMILES string of the molecule is CC(C)NC(=O)CNCCC1CCCCO1. The second-order valence-corrected chi connectivity index (χ2v) is 4.68. The van der Waals surface area contributed by atoms with Crippen LogP contribution in [0.2, 0.25) is 0 Å². The van der Waals surface area contributed by atoms with Crippen molar-refractivity contribution in [3.63, 3.8) is 0 Å². The molecule has 1 aliphatic heterocycles. The van der Waals surface area contributed by atoms with Crippen LogP contribution in [0.4, 0.5) is 0 Å². The molecule has 16 heavy (non-hydrogen) atoms. The van der Waals surface area contributed by atoms with Crippen molar-refractivity contribution in [2.24, 2.45) is 0 Å². The lowest BCUT2D eigenvalue weighted by atomic mass is 10.1. The molecule has 0 aromatic rings. The standard InChI is InChI=1S/C12H24N2O2/c1-10(2)14-12(15)9-13-7-6-11-5-3-4-8-16-11/h10-11,13H,3-9H2,1-2H3,(H,14,15). The van der Waals surface area contributed by atoms with E-state index in [9.17, 15) is 4.79 Å². The monoisotopic (exact) mass is 228 g/mol. The van der Waals surface area contributed by atoms with Crippen LogP contribution in [0, 0.1) is 0 Å². The molecule has 0 bridgehead atoms. The molecule has 1 atom stereocenters. The number of carbonyl (C=O) groups is 1. The van der Waals surface area contributed by atoms with E-state index in [0.717, 1.165) is 19.6 Å². The van der Waals surface area contributed by atoms with E-state index in [0.29, 0.717) is 12.6 Å². The molecule has 1 rings (SSSR count). The molecule has 1 aliphatic rings. The molecule has 0 radical (unpaired) electrons. The van der Waals surface area contributed by atoms with Gasteiger partial charge in [-0.15, -0.1) is 0 Å². The first-order valence-electron chi connectivity index (χ1n) is 6.30. The van der Waals surface area contributed by atoms with Crippen molar-refractivity contribution in [2.45, 2.75) is 51.7 Å². The quantitative estimate of drug-likeness (QED) is 0.668. The maximum Gasteiger partial charge on any atom is 0.234 e. The predicted molar refractivity (Wildman–Crippen MR) is 64.4 cm³/mol. The van der Waals surface area contributed by atoms with Crippen LogP contribution in [0.3, 0.4) is 0 Å². The summed E-state index contributed by atoms with van der Waals surface area (Å²) < 4.78 is 5.61. The molecule has 1 fully saturated rings. The third-order valence-electron chi connectivity index (χ3n) is 2.65. The van der Waals surface area contributed by atoms with Crippen LogP contribution >= 0.6 is 0 Å². The van der Waals surface area contributed by atoms with E-state index in [-0.39, 0.29) is 11.9 Å². The molecule has 94 valence electrons. The summed E-state index contributed by atoms with van der Waals surface area (Å²) in [6.45, 7) is 6.10. The fourth-order valence-electron chi connectivity index (χ4n) is 1.87. The molecule has 4 nitrogen and oxygen atoms in total. The minimum Gasteiger partial charge on any atom is -0.378 e. The second kappa shape index (κ2) is 7.63. The van der Waals surface area contributed by atoms with Gasteiger partial charge in [-0.3, -0.25) is 4.79 Å². The first-order chi connectivity index (χ1) is 7.68. The summed E-state index contributed by atoms with van der Waals surface area (Å²) in [5.74, 6) is 0.0690. The third kappa shape index (κ3) is 6.08. The number of carbonyl (C=O) groups excluding carboxylic acids is 1. The lowest BCUT2D eigenvalue weighted by molar-refractivity contribution is -0.120. The average molecular weight is 228 g/mol. The summed E-state index contributed by atoms with van der Waals surface area (Å²) in [7, 11) is 0. The maximum absolute atomic E-state index is 11.3. The van der Waals surface area contributed by atoms with Crippen LogP contribution in [0.15, 0.2) is 0 Å². The molecule has 0 aliphatic carbocycles. The van der Waals surface area contributed by atoms with E-state index in [1.807, 2.05) is 13.8 Å².